The maximum Gasteiger partial charge on any atom is 0.0730 e. The Balaban J connectivity index is 1.62. The molecule has 0 N–H and O–H groups in total. The van der Waals surface area contributed by atoms with Crippen molar-refractivity contribution in [2.75, 3.05) is 6.61 Å². The topological polar surface area (TPSA) is 9.23 Å². The van der Waals surface area contributed by atoms with Crippen LogP contribution in [0, 0.1) is 17.8 Å². The average Bonchev–Trinajstić information content (AvgIpc) is 3.33. The average molecular weight is 320 g/mol. The van der Waals surface area contributed by atoms with Crippen molar-refractivity contribution < 1.29 is 4.74 Å². The molecule has 2 fully saturated rings. The highest BCUT2D eigenvalue weighted by atomic mass is 32.1. The molecular formula is C21H20OS. The Labute approximate surface area is 141 Å². The summed E-state index contributed by atoms with van der Waals surface area (Å²) in [7, 11) is 0. The van der Waals surface area contributed by atoms with Gasteiger partial charge in [0.15, 0.2) is 0 Å². The zero-order valence-corrected chi connectivity index (χ0v) is 13.9. The van der Waals surface area contributed by atoms with Gasteiger partial charge >= 0.3 is 0 Å². The van der Waals surface area contributed by atoms with Gasteiger partial charge in [0.2, 0.25) is 0 Å². The molecule has 23 heavy (non-hydrogen) atoms. The molecule has 1 nitrogen and oxygen atoms in total. The summed E-state index contributed by atoms with van der Waals surface area (Å²) in [5, 5.41) is 2.31. The molecule has 6 rings (SSSR count). The highest BCUT2D eigenvalue weighted by Gasteiger charge is 2.55. The van der Waals surface area contributed by atoms with Crippen LogP contribution in [0.3, 0.4) is 0 Å². The van der Waals surface area contributed by atoms with E-state index in [1.807, 2.05) is 11.3 Å². The van der Waals surface area contributed by atoms with Crippen molar-refractivity contribution in [3.05, 3.63) is 57.3 Å². The van der Waals surface area contributed by atoms with Crippen molar-refractivity contribution >= 4 is 22.5 Å². The van der Waals surface area contributed by atoms with E-state index < -0.39 is 0 Å². The number of rotatable bonds is 0. The molecule has 0 unspecified atom stereocenters. The Morgan fingerprint density at radius 2 is 1.83 bits per heavy atom. The molecule has 3 aliphatic carbocycles. The molecule has 0 radical (unpaired) electrons. The van der Waals surface area contributed by atoms with E-state index in [0.717, 1.165) is 36.9 Å². The quantitative estimate of drug-likeness (QED) is 0.637. The zero-order chi connectivity index (χ0) is 15.0. The van der Waals surface area contributed by atoms with Crippen LogP contribution < -0.4 is 0 Å². The third-order valence-electron chi connectivity index (χ3n) is 6.72. The van der Waals surface area contributed by atoms with Gasteiger partial charge in [-0.2, -0.15) is 0 Å². The number of ether oxygens (including phenoxy) is 1. The number of thiophene rings is 1. The van der Waals surface area contributed by atoms with Crippen LogP contribution in [0.15, 0.2) is 35.7 Å². The van der Waals surface area contributed by atoms with Gasteiger partial charge in [-0.05, 0) is 82.2 Å². The first-order chi connectivity index (χ1) is 11.4. The van der Waals surface area contributed by atoms with Gasteiger partial charge in [-0.15, -0.1) is 11.3 Å². The monoisotopic (exact) mass is 320 g/mol. The lowest BCUT2D eigenvalue weighted by Gasteiger charge is -2.29. The van der Waals surface area contributed by atoms with Gasteiger partial charge < -0.3 is 4.74 Å². The fourth-order valence-electron chi connectivity index (χ4n) is 5.95. The van der Waals surface area contributed by atoms with E-state index in [-0.39, 0.29) is 0 Å². The molecule has 0 amide bonds. The molecule has 0 saturated heterocycles. The number of allylic oxidation sites excluding steroid dienone is 1. The molecule has 4 atom stereocenters. The van der Waals surface area contributed by atoms with Crippen molar-refractivity contribution in [2.45, 2.75) is 31.8 Å². The summed E-state index contributed by atoms with van der Waals surface area (Å²) in [6.45, 7) is 1.56. The summed E-state index contributed by atoms with van der Waals surface area (Å²) in [6.07, 6.45) is 4.36. The van der Waals surface area contributed by atoms with Crippen molar-refractivity contribution in [3.63, 3.8) is 0 Å². The van der Waals surface area contributed by atoms with E-state index in [4.69, 9.17) is 4.74 Å². The summed E-state index contributed by atoms with van der Waals surface area (Å²) in [4.78, 5) is 1.59. The Kier molecular flexibility index (Phi) is 2.58. The second-order valence-corrected chi connectivity index (χ2v) is 8.55. The fraction of sp³-hybridized carbons (Fsp3) is 0.429. The molecule has 2 aromatic rings. The van der Waals surface area contributed by atoms with Crippen LogP contribution in [0.1, 0.15) is 46.7 Å². The molecule has 0 spiro atoms. The van der Waals surface area contributed by atoms with Crippen molar-refractivity contribution in [2.24, 2.45) is 17.8 Å². The maximum atomic E-state index is 5.99. The summed E-state index contributed by atoms with van der Waals surface area (Å²) in [5.41, 5.74) is 7.65. The number of benzene rings is 1. The van der Waals surface area contributed by atoms with Gasteiger partial charge in [-0.3, -0.25) is 0 Å². The molecular weight excluding hydrogens is 300 g/mol. The standard InChI is InChI=1S/C21H20OS/c1-2-4-15-14(3-1)10-22-11-17(15)20-19-13-6-5-12(9-13)18(19)16-7-8-23-21(16)20/h1-4,7-8,12-13,18-19H,5-6,9-11H2/b20-17-/t12-,13+,18-,19-/m0/s1. The van der Waals surface area contributed by atoms with Crippen LogP contribution in [-0.4, -0.2) is 6.61 Å². The van der Waals surface area contributed by atoms with E-state index in [2.05, 4.69) is 35.7 Å². The molecule has 1 aromatic heterocycles. The van der Waals surface area contributed by atoms with Crippen LogP contribution in [-0.2, 0) is 11.3 Å². The van der Waals surface area contributed by atoms with E-state index in [1.165, 1.54) is 36.0 Å². The first-order valence-corrected chi connectivity index (χ1v) is 9.76. The molecule has 2 bridgehead atoms. The van der Waals surface area contributed by atoms with Crippen LogP contribution in [0.2, 0.25) is 0 Å². The second kappa shape index (κ2) is 4.58. The van der Waals surface area contributed by atoms with E-state index in [0.29, 0.717) is 0 Å². The lowest BCUT2D eigenvalue weighted by Crippen LogP contribution is -2.18. The third-order valence-corrected chi connectivity index (χ3v) is 7.68. The summed E-state index contributed by atoms with van der Waals surface area (Å²) >= 11 is 1.96. The lowest BCUT2D eigenvalue weighted by molar-refractivity contribution is 0.146. The third kappa shape index (κ3) is 1.61. The Hall–Kier alpha value is -1.38. The first kappa shape index (κ1) is 13.0. The van der Waals surface area contributed by atoms with Crippen molar-refractivity contribution in [1.82, 2.24) is 0 Å². The minimum atomic E-state index is 0.768. The minimum absolute atomic E-state index is 0.768. The van der Waals surface area contributed by atoms with Crippen LogP contribution in [0.25, 0.3) is 11.1 Å². The van der Waals surface area contributed by atoms with Gasteiger partial charge in [-0.1, -0.05) is 24.3 Å². The minimum Gasteiger partial charge on any atom is -0.372 e. The van der Waals surface area contributed by atoms with Gasteiger partial charge in [-0.25, -0.2) is 0 Å². The SMILES string of the molecule is c1ccc2c(c1)COC/C2=C1/c2sccc2[C@@H]2[C@H]3CC[C@H](C3)[C@H]12. The summed E-state index contributed by atoms with van der Waals surface area (Å²) in [6, 6.07) is 11.3. The van der Waals surface area contributed by atoms with Gasteiger partial charge in [0.05, 0.1) is 13.2 Å². The number of fused-ring (bicyclic) bond motifs is 8. The van der Waals surface area contributed by atoms with E-state index in [9.17, 15) is 0 Å². The van der Waals surface area contributed by atoms with Crippen LogP contribution >= 0.6 is 11.3 Å². The van der Waals surface area contributed by atoms with Gasteiger partial charge in [0, 0.05) is 4.88 Å². The highest BCUT2D eigenvalue weighted by Crippen LogP contribution is 2.67. The smallest absolute Gasteiger partial charge is 0.0730 e. The maximum absolute atomic E-state index is 5.99. The first-order valence-electron chi connectivity index (χ1n) is 8.88. The predicted octanol–water partition coefficient (Wildman–Crippen LogP) is 5.33. The van der Waals surface area contributed by atoms with Crippen LogP contribution in [0.5, 0.6) is 0 Å². The summed E-state index contributed by atoms with van der Waals surface area (Å²) in [5.74, 6) is 3.45. The number of hydrogen-bond acceptors (Lipinski definition) is 2. The van der Waals surface area contributed by atoms with Gasteiger partial charge in [0.1, 0.15) is 0 Å². The Morgan fingerprint density at radius 1 is 0.957 bits per heavy atom. The van der Waals surface area contributed by atoms with Crippen molar-refractivity contribution in [1.29, 1.82) is 0 Å². The summed E-state index contributed by atoms with van der Waals surface area (Å²) < 4.78 is 5.99. The fourth-order valence-corrected chi connectivity index (χ4v) is 7.03. The highest BCUT2D eigenvalue weighted by molar-refractivity contribution is 7.11. The zero-order valence-electron chi connectivity index (χ0n) is 13.1. The van der Waals surface area contributed by atoms with Crippen molar-refractivity contribution in [3.8, 4) is 0 Å². The lowest BCUT2D eigenvalue weighted by atomic mass is 9.76. The Morgan fingerprint density at radius 3 is 2.78 bits per heavy atom. The predicted molar refractivity (Wildman–Crippen MR) is 94.3 cm³/mol. The Bertz CT molecular complexity index is 830. The largest absolute Gasteiger partial charge is 0.372 e. The molecule has 2 saturated carbocycles. The molecule has 1 aromatic carbocycles. The van der Waals surface area contributed by atoms with Gasteiger partial charge in [0.25, 0.3) is 0 Å². The van der Waals surface area contributed by atoms with E-state index in [1.54, 1.807) is 16.0 Å². The van der Waals surface area contributed by atoms with Crippen LogP contribution in [0.4, 0.5) is 0 Å². The molecule has 1 aliphatic heterocycles. The molecule has 116 valence electrons. The number of hydrogen-bond donors (Lipinski definition) is 0. The molecule has 2 heterocycles. The second-order valence-electron chi connectivity index (χ2n) is 7.63. The molecule has 4 aliphatic rings. The molecule has 2 heteroatoms. The van der Waals surface area contributed by atoms with E-state index >= 15 is 0 Å². The normalized spacial score (nSPS) is 36.9.